The monoisotopic (exact) mass is 308 g/mol. The van der Waals surface area contributed by atoms with Crippen molar-refractivity contribution in [2.45, 2.75) is 13.5 Å². The second-order valence-electron chi connectivity index (χ2n) is 3.81. The number of nitrogens with two attached hydrogens (primary N) is 1. The molecule has 1 amide bonds. The molecule has 6 heteroatoms. The lowest BCUT2D eigenvalue weighted by atomic mass is 10.2. The highest BCUT2D eigenvalue weighted by Gasteiger charge is 2.08. The number of nitrogen functional groups attached to an aromatic ring is 1. The van der Waals surface area contributed by atoms with Crippen molar-refractivity contribution in [3.05, 3.63) is 40.6 Å². The molecule has 2 aromatic rings. The van der Waals surface area contributed by atoms with E-state index in [1.807, 2.05) is 6.92 Å². The highest BCUT2D eigenvalue weighted by atomic mass is 79.9. The molecule has 1 aromatic heterocycles. The number of rotatable bonds is 3. The van der Waals surface area contributed by atoms with Gasteiger partial charge in [-0.05, 0) is 25.1 Å². The molecule has 2 rings (SSSR count). The van der Waals surface area contributed by atoms with Crippen molar-refractivity contribution in [3.8, 4) is 0 Å². The lowest BCUT2D eigenvalue weighted by Crippen LogP contribution is -2.11. The number of aromatic nitrogens is 2. The lowest BCUT2D eigenvalue weighted by molar-refractivity contribution is 0.102. The quantitative estimate of drug-likeness (QED) is 0.856. The predicted molar refractivity (Wildman–Crippen MR) is 74.4 cm³/mol. The van der Waals surface area contributed by atoms with Gasteiger partial charge < -0.3 is 11.1 Å². The molecule has 0 atom stereocenters. The van der Waals surface area contributed by atoms with Gasteiger partial charge in [0.15, 0.2) is 0 Å². The van der Waals surface area contributed by atoms with Gasteiger partial charge in [0, 0.05) is 28.5 Å². The summed E-state index contributed by atoms with van der Waals surface area (Å²) in [7, 11) is 0. The minimum Gasteiger partial charge on any atom is -0.399 e. The largest absolute Gasteiger partial charge is 0.399 e. The molecule has 0 fully saturated rings. The van der Waals surface area contributed by atoms with E-state index < -0.39 is 0 Å². The van der Waals surface area contributed by atoms with E-state index in [0.29, 0.717) is 16.9 Å². The molecule has 94 valence electrons. The van der Waals surface area contributed by atoms with Gasteiger partial charge in [-0.3, -0.25) is 9.48 Å². The first-order chi connectivity index (χ1) is 8.58. The van der Waals surface area contributed by atoms with E-state index in [9.17, 15) is 4.79 Å². The van der Waals surface area contributed by atoms with Crippen LogP contribution in [0.1, 0.15) is 17.3 Å². The van der Waals surface area contributed by atoms with E-state index >= 15 is 0 Å². The molecule has 0 unspecified atom stereocenters. The van der Waals surface area contributed by atoms with E-state index in [0.717, 1.165) is 11.0 Å². The summed E-state index contributed by atoms with van der Waals surface area (Å²) in [4.78, 5) is 12.0. The van der Waals surface area contributed by atoms with Crippen LogP contribution in [-0.2, 0) is 6.54 Å². The van der Waals surface area contributed by atoms with Crippen LogP contribution >= 0.6 is 15.9 Å². The molecular weight excluding hydrogens is 296 g/mol. The molecule has 0 aliphatic heterocycles. The molecule has 0 spiro atoms. The van der Waals surface area contributed by atoms with Crippen LogP contribution < -0.4 is 11.1 Å². The maximum absolute atomic E-state index is 12.0. The van der Waals surface area contributed by atoms with E-state index in [2.05, 4.69) is 26.3 Å². The molecule has 1 aromatic carbocycles. The zero-order valence-corrected chi connectivity index (χ0v) is 11.4. The average Bonchev–Trinajstić information content (AvgIpc) is 2.75. The first-order valence-corrected chi connectivity index (χ1v) is 6.27. The van der Waals surface area contributed by atoms with Crippen LogP contribution in [0, 0.1) is 0 Å². The van der Waals surface area contributed by atoms with Crippen molar-refractivity contribution in [3.63, 3.8) is 0 Å². The minimum atomic E-state index is -0.210. The Balaban J connectivity index is 2.16. The zero-order valence-electron chi connectivity index (χ0n) is 9.85. The Labute approximate surface area is 113 Å². The van der Waals surface area contributed by atoms with Crippen LogP contribution in [0.5, 0.6) is 0 Å². The molecule has 0 saturated heterocycles. The number of nitrogens with zero attached hydrogens (tertiary/aromatic N) is 2. The van der Waals surface area contributed by atoms with Gasteiger partial charge in [-0.2, -0.15) is 5.10 Å². The van der Waals surface area contributed by atoms with Gasteiger partial charge in [-0.15, -0.1) is 0 Å². The van der Waals surface area contributed by atoms with Crippen molar-refractivity contribution in [1.82, 2.24) is 9.78 Å². The summed E-state index contributed by atoms with van der Waals surface area (Å²) in [5, 5.41) is 6.85. The van der Waals surface area contributed by atoms with E-state index in [-0.39, 0.29) is 5.91 Å². The number of carbonyl (C=O) groups is 1. The fourth-order valence-electron chi connectivity index (χ4n) is 1.55. The molecule has 0 radical (unpaired) electrons. The van der Waals surface area contributed by atoms with Gasteiger partial charge in [0.25, 0.3) is 5.91 Å². The molecule has 1 heterocycles. The second kappa shape index (κ2) is 5.22. The van der Waals surface area contributed by atoms with Crippen molar-refractivity contribution >= 4 is 33.2 Å². The van der Waals surface area contributed by atoms with Gasteiger partial charge in [0.05, 0.1) is 11.9 Å². The Hall–Kier alpha value is -1.82. The maximum Gasteiger partial charge on any atom is 0.255 e. The van der Waals surface area contributed by atoms with E-state index in [1.165, 1.54) is 0 Å². The summed E-state index contributed by atoms with van der Waals surface area (Å²) >= 11 is 3.31. The third-order valence-electron chi connectivity index (χ3n) is 2.40. The summed E-state index contributed by atoms with van der Waals surface area (Å²) in [5.74, 6) is -0.210. The third-order valence-corrected chi connectivity index (χ3v) is 2.86. The lowest BCUT2D eigenvalue weighted by Gasteiger charge is -2.04. The summed E-state index contributed by atoms with van der Waals surface area (Å²) < 4.78 is 2.52. The summed E-state index contributed by atoms with van der Waals surface area (Å²) in [5.41, 5.74) is 7.40. The number of anilines is 2. The maximum atomic E-state index is 12.0. The Bertz CT molecular complexity index is 559. The highest BCUT2D eigenvalue weighted by molar-refractivity contribution is 9.10. The molecule has 0 saturated carbocycles. The molecular formula is C12H13BrN4O. The van der Waals surface area contributed by atoms with Crippen LogP contribution in [0.25, 0.3) is 0 Å². The summed E-state index contributed by atoms with van der Waals surface area (Å²) in [6, 6.07) is 5.09. The first-order valence-electron chi connectivity index (χ1n) is 5.48. The average molecular weight is 309 g/mol. The van der Waals surface area contributed by atoms with Crippen LogP contribution in [-0.4, -0.2) is 15.7 Å². The SMILES string of the molecule is CCn1cc(NC(=O)c2cc(N)cc(Br)c2)cn1. The van der Waals surface area contributed by atoms with Crippen molar-refractivity contribution in [2.75, 3.05) is 11.1 Å². The van der Waals surface area contributed by atoms with Crippen LogP contribution in [0.15, 0.2) is 35.1 Å². The Kier molecular flexibility index (Phi) is 3.66. The number of amides is 1. The number of benzene rings is 1. The first kappa shape index (κ1) is 12.6. The van der Waals surface area contributed by atoms with Crippen LogP contribution in [0.2, 0.25) is 0 Å². The number of halogens is 1. The number of hydrogen-bond donors (Lipinski definition) is 2. The minimum absolute atomic E-state index is 0.210. The fourth-order valence-corrected chi connectivity index (χ4v) is 2.06. The van der Waals surface area contributed by atoms with E-state index in [1.54, 1.807) is 35.3 Å². The fraction of sp³-hybridized carbons (Fsp3) is 0.167. The molecule has 5 nitrogen and oxygen atoms in total. The molecule has 0 aliphatic rings. The van der Waals surface area contributed by atoms with Gasteiger partial charge in [0.2, 0.25) is 0 Å². The van der Waals surface area contributed by atoms with Gasteiger partial charge >= 0.3 is 0 Å². The van der Waals surface area contributed by atoms with Gasteiger partial charge in [-0.1, -0.05) is 15.9 Å². The van der Waals surface area contributed by atoms with Crippen molar-refractivity contribution < 1.29 is 4.79 Å². The van der Waals surface area contributed by atoms with Crippen LogP contribution in [0.3, 0.4) is 0 Å². The smallest absolute Gasteiger partial charge is 0.255 e. The third kappa shape index (κ3) is 2.89. The standard InChI is InChI=1S/C12H13BrN4O/c1-2-17-7-11(6-15-17)16-12(18)8-3-9(13)5-10(14)4-8/h3-7H,2,14H2,1H3,(H,16,18). The van der Waals surface area contributed by atoms with Crippen molar-refractivity contribution in [2.24, 2.45) is 0 Å². The summed E-state index contributed by atoms with van der Waals surface area (Å²) in [6.45, 7) is 2.74. The normalized spacial score (nSPS) is 10.3. The Morgan fingerprint density at radius 3 is 2.89 bits per heavy atom. The molecule has 18 heavy (non-hydrogen) atoms. The van der Waals surface area contributed by atoms with Gasteiger partial charge in [0.1, 0.15) is 0 Å². The number of nitrogens with one attached hydrogen (secondary N) is 1. The Morgan fingerprint density at radius 1 is 1.50 bits per heavy atom. The zero-order chi connectivity index (χ0) is 13.1. The Morgan fingerprint density at radius 2 is 2.28 bits per heavy atom. The number of carbonyl (C=O) groups excluding carboxylic acids is 1. The number of hydrogen-bond acceptors (Lipinski definition) is 3. The molecule has 3 N–H and O–H groups in total. The van der Waals surface area contributed by atoms with Gasteiger partial charge in [-0.25, -0.2) is 0 Å². The van der Waals surface area contributed by atoms with Crippen LogP contribution in [0.4, 0.5) is 11.4 Å². The van der Waals surface area contributed by atoms with Crippen molar-refractivity contribution in [1.29, 1.82) is 0 Å². The predicted octanol–water partition coefficient (Wildman–Crippen LogP) is 2.50. The summed E-state index contributed by atoms with van der Waals surface area (Å²) in [6.07, 6.45) is 3.39. The topological polar surface area (TPSA) is 72.9 Å². The highest BCUT2D eigenvalue weighted by Crippen LogP contribution is 2.18. The number of aryl methyl sites for hydroxylation is 1. The molecule has 0 aliphatic carbocycles. The second-order valence-corrected chi connectivity index (χ2v) is 4.73. The van der Waals surface area contributed by atoms with E-state index in [4.69, 9.17) is 5.73 Å². The molecule has 0 bridgehead atoms.